The van der Waals surface area contributed by atoms with E-state index in [-0.39, 0.29) is 18.0 Å². The first-order valence-corrected chi connectivity index (χ1v) is 6.26. The predicted molar refractivity (Wildman–Crippen MR) is 55.0 cm³/mol. The van der Waals surface area contributed by atoms with Gasteiger partial charge in [0.25, 0.3) is 0 Å². The van der Waals surface area contributed by atoms with Crippen molar-refractivity contribution in [2.24, 2.45) is 5.73 Å². The number of sulfone groups is 1. The molecule has 0 saturated heterocycles. The molecule has 1 rings (SSSR count). The minimum absolute atomic E-state index is 0.149. The quantitative estimate of drug-likeness (QED) is 0.694. The highest BCUT2D eigenvalue weighted by atomic mass is 32.2. The molecular weight excluding hydrogens is 218 g/mol. The van der Waals surface area contributed by atoms with E-state index in [4.69, 9.17) is 10.8 Å². The van der Waals surface area contributed by atoms with Crippen LogP contribution in [-0.4, -0.2) is 41.7 Å². The van der Waals surface area contributed by atoms with Gasteiger partial charge in [-0.25, -0.2) is 8.42 Å². The number of aliphatic hydroxyl groups excluding tert-OH is 1. The molecule has 0 spiro atoms. The van der Waals surface area contributed by atoms with Gasteiger partial charge in [0.05, 0.1) is 24.9 Å². The van der Waals surface area contributed by atoms with Gasteiger partial charge in [-0.05, 0) is 6.92 Å². The van der Waals surface area contributed by atoms with Crippen molar-refractivity contribution >= 4 is 9.84 Å². The molecule has 6 nitrogen and oxygen atoms in total. The Hall–Kier alpha value is -0.920. The Morgan fingerprint density at radius 3 is 2.67 bits per heavy atom. The van der Waals surface area contributed by atoms with Crippen LogP contribution in [0.15, 0.2) is 17.3 Å². The first-order valence-electron chi connectivity index (χ1n) is 4.37. The molecule has 86 valence electrons. The number of hydrogen-bond donors (Lipinski definition) is 2. The molecule has 1 atom stereocenters. The molecule has 0 aromatic carbocycles. The topological polar surface area (TPSA) is 98.2 Å². The molecule has 0 saturated carbocycles. The lowest BCUT2D eigenvalue weighted by Gasteiger charge is -2.21. The Labute approximate surface area is 88.6 Å². The number of nitrogens with two attached hydrogens (primary N) is 1. The summed E-state index contributed by atoms with van der Waals surface area (Å²) in [6, 6.07) is 0. The van der Waals surface area contributed by atoms with Gasteiger partial charge in [-0.3, -0.25) is 4.68 Å². The second kappa shape index (κ2) is 3.92. The number of hydrogen-bond acceptors (Lipinski definition) is 5. The third-order valence-electron chi connectivity index (χ3n) is 1.92. The van der Waals surface area contributed by atoms with Crippen LogP contribution in [0.1, 0.15) is 6.92 Å². The van der Waals surface area contributed by atoms with E-state index in [1.54, 1.807) is 6.92 Å². The summed E-state index contributed by atoms with van der Waals surface area (Å²) in [6.07, 6.45) is 3.78. The van der Waals surface area contributed by atoms with Crippen molar-refractivity contribution in [1.29, 1.82) is 0 Å². The van der Waals surface area contributed by atoms with Crippen LogP contribution in [0.5, 0.6) is 0 Å². The van der Waals surface area contributed by atoms with E-state index < -0.39 is 15.4 Å². The molecule has 1 unspecified atom stereocenters. The molecule has 0 aliphatic rings. The van der Waals surface area contributed by atoms with Gasteiger partial charge >= 0.3 is 0 Å². The van der Waals surface area contributed by atoms with Gasteiger partial charge in [-0.15, -0.1) is 0 Å². The minimum atomic E-state index is -3.23. The van der Waals surface area contributed by atoms with E-state index in [9.17, 15) is 8.42 Å². The van der Waals surface area contributed by atoms with Crippen LogP contribution in [0.4, 0.5) is 0 Å². The van der Waals surface area contributed by atoms with Gasteiger partial charge < -0.3 is 10.8 Å². The van der Waals surface area contributed by atoms with Crippen molar-refractivity contribution in [3.8, 4) is 0 Å². The lowest BCUT2D eigenvalue weighted by atomic mass is 10.1. The summed E-state index contributed by atoms with van der Waals surface area (Å²) in [7, 11) is -3.23. The highest BCUT2D eigenvalue weighted by Gasteiger charge is 2.19. The highest BCUT2D eigenvalue weighted by molar-refractivity contribution is 7.90. The van der Waals surface area contributed by atoms with Crippen LogP contribution in [0, 0.1) is 0 Å². The zero-order valence-corrected chi connectivity index (χ0v) is 9.53. The zero-order valence-electron chi connectivity index (χ0n) is 8.71. The van der Waals surface area contributed by atoms with E-state index >= 15 is 0 Å². The fourth-order valence-corrected chi connectivity index (χ4v) is 1.59. The van der Waals surface area contributed by atoms with Crippen molar-refractivity contribution in [2.75, 3.05) is 12.9 Å². The van der Waals surface area contributed by atoms with Crippen LogP contribution in [0.3, 0.4) is 0 Å². The van der Waals surface area contributed by atoms with Crippen molar-refractivity contribution in [2.45, 2.75) is 23.9 Å². The number of aliphatic hydroxyl groups is 1. The fraction of sp³-hybridized carbons (Fsp3) is 0.625. The standard InChI is InChI=1S/C8H15N3O3S/c1-8(9,6-12)5-11-4-7(3-10-11)15(2,13)14/h3-4,12H,5-6,9H2,1-2H3. The molecule has 0 bridgehead atoms. The maximum Gasteiger partial charge on any atom is 0.178 e. The first kappa shape index (κ1) is 12.2. The first-order chi connectivity index (χ1) is 6.74. The fourth-order valence-electron chi connectivity index (χ4n) is 1.04. The molecular formula is C8H15N3O3S. The van der Waals surface area contributed by atoms with Gasteiger partial charge in [0.1, 0.15) is 4.90 Å². The van der Waals surface area contributed by atoms with E-state index in [0.29, 0.717) is 0 Å². The van der Waals surface area contributed by atoms with Crippen LogP contribution in [0.25, 0.3) is 0 Å². The van der Waals surface area contributed by atoms with Crippen molar-refractivity contribution in [1.82, 2.24) is 9.78 Å². The molecule has 3 N–H and O–H groups in total. The predicted octanol–water partition coefficient (Wildman–Crippen LogP) is -1.00. The summed E-state index contributed by atoms with van der Waals surface area (Å²) in [6.45, 7) is 1.73. The van der Waals surface area contributed by atoms with Gasteiger partial charge in [-0.1, -0.05) is 0 Å². The van der Waals surface area contributed by atoms with Gasteiger partial charge in [0.15, 0.2) is 9.84 Å². The van der Waals surface area contributed by atoms with Crippen molar-refractivity contribution < 1.29 is 13.5 Å². The zero-order chi connectivity index (χ0) is 11.7. The Kier molecular flexibility index (Phi) is 3.17. The Morgan fingerprint density at radius 2 is 2.27 bits per heavy atom. The second-order valence-electron chi connectivity index (χ2n) is 3.96. The monoisotopic (exact) mass is 233 g/mol. The number of nitrogens with zero attached hydrogens (tertiary/aromatic N) is 2. The molecule has 0 aliphatic heterocycles. The largest absolute Gasteiger partial charge is 0.394 e. The molecule has 1 heterocycles. The number of aromatic nitrogens is 2. The molecule has 1 aromatic heterocycles. The molecule has 0 radical (unpaired) electrons. The normalized spacial score (nSPS) is 16.3. The van der Waals surface area contributed by atoms with E-state index in [1.165, 1.54) is 17.1 Å². The van der Waals surface area contributed by atoms with Crippen LogP contribution < -0.4 is 5.73 Å². The van der Waals surface area contributed by atoms with Crippen molar-refractivity contribution in [3.05, 3.63) is 12.4 Å². The molecule has 0 fully saturated rings. The summed E-state index contributed by atoms with van der Waals surface area (Å²) < 4.78 is 23.7. The molecule has 0 aliphatic carbocycles. The summed E-state index contributed by atoms with van der Waals surface area (Å²) in [5.74, 6) is 0. The minimum Gasteiger partial charge on any atom is -0.394 e. The average Bonchev–Trinajstić information content (AvgIpc) is 2.51. The Bertz CT molecular complexity index is 436. The summed E-state index contributed by atoms with van der Waals surface area (Å²) in [5.41, 5.74) is 4.90. The summed E-state index contributed by atoms with van der Waals surface area (Å²) in [4.78, 5) is 0.149. The second-order valence-corrected chi connectivity index (χ2v) is 5.97. The van der Waals surface area contributed by atoms with E-state index in [0.717, 1.165) is 6.26 Å². The van der Waals surface area contributed by atoms with Gasteiger partial charge in [-0.2, -0.15) is 5.10 Å². The maximum atomic E-state index is 11.1. The van der Waals surface area contributed by atoms with Crippen LogP contribution in [-0.2, 0) is 16.4 Å². The summed E-state index contributed by atoms with van der Waals surface area (Å²) >= 11 is 0. The average molecular weight is 233 g/mol. The third-order valence-corrected chi connectivity index (χ3v) is 2.99. The maximum absolute atomic E-state index is 11.1. The Balaban J connectivity index is 2.87. The molecule has 1 aromatic rings. The van der Waals surface area contributed by atoms with E-state index in [1.807, 2.05) is 0 Å². The lowest BCUT2D eigenvalue weighted by Crippen LogP contribution is -2.44. The SMILES string of the molecule is CC(N)(CO)Cn1cc(S(C)(=O)=O)cn1. The summed E-state index contributed by atoms with van der Waals surface area (Å²) in [5, 5.41) is 12.8. The smallest absolute Gasteiger partial charge is 0.178 e. The lowest BCUT2D eigenvalue weighted by molar-refractivity contribution is 0.188. The van der Waals surface area contributed by atoms with Gasteiger partial charge in [0, 0.05) is 12.5 Å². The molecule has 0 amide bonds. The highest BCUT2D eigenvalue weighted by Crippen LogP contribution is 2.08. The van der Waals surface area contributed by atoms with Crippen LogP contribution in [0.2, 0.25) is 0 Å². The molecule has 7 heteroatoms. The third kappa shape index (κ3) is 3.29. The number of rotatable bonds is 4. The molecule has 15 heavy (non-hydrogen) atoms. The van der Waals surface area contributed by atoms with Crippen LogP contribution >= 0.6 is 0 Å². The van der Waals surface area contributed by atoms with E-state index in [2.05, 4.69) is 5.10 Å². The van der Waals surface area contributed by atoms with Crippen molar-refractivity contribution in [3.63, 3.8) is 0 Å². The van der Waals surface area contributed by atoms with Gasteiger partial charge in [0.2, 0.25) is 0 Å². The Morgan fingerprint density at radius 1 is 1.67 bits per heavy atom.